The van der Waals surface area contributed by atoms with Crippen molar-refractivity contribution in [3.8, 4) is 0 Å². The lowest BCUT2D eigenvalue weighted by atomic mass is 9.40. The highest BCUT2D eigenvalue weighted by molar-refractivity contribution is 7.81. The minimum atomic E-state index is -5.33. The van der Waals surface area contributed by atoms with Crippen LogP contribution < -0.4 is 0 Å². The van der Waals surface area contributed by atoms with Crippen molar-refractivity contribution in [2.24, 2.45) is 39.4 Å². The Morgan fingerprint density at radius 3 is 1.69 bits per heavy atom. The van der Waals surface area contributed by atoms with E-state index in [1.807, 2.05) is 13.8 Å². The average Bonchev–Trinajstić information content (AvgIpc) is 1.28. The lowest BCUT2D eigenvalue weighted by Crippen LogP contribution is -2.68. The molecule has 0 bridgehead atoms. The van der Waals surface area contributed by atoms with Crippen molar-refractivity contribution >= 4 is 37.0 Å². The summed E-state index contributed by atoms with van der Waals surface area (Å²) >= 11 is 0. The first-order valence-electron chi connectivity index (χ1n) is 29.6. The Kier molecular flexibility index (Phi) is 21.6. The normalized spacial score (nSPS) is 49.2. The smallest absolute Gasteiger partial charge is 0.392 e. The number of aliphatic hydroxyl groups is 10. The zero-order valence-corrected chi connectivity index (χ0v) is 52.9. The molecular formula is C53H86O34S3. The lowest BCUT2D eigenvalue weighted by molar-refractivity contribution is -0.403. The van der Waals surface area contributed by atoms with Gasteiger partial charge in [0, 0.05) is 18.9 Å². The number of Topliss-reactive ketones (excluding diaryl/α,β-unsaturated/α-hetero) is 1. The van der Waals surface area contributed by atoms with Gasteiger partial charge >= 0.3 is 31.2 Å². The summed E-state index contributed by atoms with van der Waals surface area (Å²) in [5.41, 5.74) is -0.970. The summed E-state index contributed by atoms with van der Waals surface area (Å²) in [6, 6.07) is 0. The molecule has 0 radical (unpaired) electrons. The monoisotopic (exact) mass is 1360 g/mol. The van der Waals surface area contributed by atoms with E-state index < -0.39 is 227 Å². The summed E-state index contributed by atoms with van der Waals surface area (Å²) in [6.07, 6.45) is -41.9. The summed E-state index contributed by atoms with van der Waals surface area (Å²) in [5.74, 6) is -0.548. The van der Waals surface area contributed by atoms with E-state index in [0.717, 1.165) is 19.1 Å². The van der Waals surface area contributed by atoms with Gasteiger partial charge in [0.1, 0.15) is 110 Å². The number of allylic oxidation sites excluding steroid dienone is 1. The molecule has 0 unspecified atom stereocenters. The van der Waals surface area contributed by atoms with E-state index in [1.165, 1.54) is 6.92 Å². The van der Waals surface area contributed by atoms with Crippen molar-refractivity contribution < 1.29 is 159 Å². The molecule has 520 valence electrons. The van der Waals surface area contributed by atoms with Crippen molar-refractivity contribution in [2.75, 3.05) is 33.5 Å². The molecule has 5 aliphatic heterocycles. The molecule has 0 aromatic heterocycles. The minimum absolute atomic E-state index is 0.118. The van der Waals surface area contributed by atoms with Gasteiger partial charge in [-0.05, 0) is 80.0 Å². The van der Waals surface area contributed by atoms with Crippen LogP contribution in [0.3, 0.4) is 0 Å². The molecule has 9 rings (SSSR count). The highest BCUT2D eigenvalue weighted by Gasteiger charge is 2.68. The van der Waals surface area contributed by atoms with Crippen LogP contribution in [-0.2, 0) is 101 Å². The van der Waals surface area contributed by atoms with Crippen molar-refractivity contribution in [2.45, 2.75) is 241 Å². The third-order valence-corrected chi connectivity index (χ3v) is 22.2. The molecule has 3 saturated carbocycles. The minimum Gasteiger partial charge on any atom is -0.392 e. The first-order valence-corrected chi connectivity index (χ1v) is 33.7. The van der Waals surface area contributed by atoms with Crippen molar-refractivity contribution in [3.05, 3.63) is 11.6 Å². The maximum absolute atomic E-state index is 13.0. The van der Waals surface area contributed by atoms with E-state index >= 15 is 0 Å². The number of hydrogen-bond acceptors (Lipinski definition) is 31. The summed E-state index contributed by atoms with van der Waals surface area (Å²) in [7, 11) is -14.8. The van der Waals surface area contributed by atoms with Gasteiger partial charge < -0.3 is 103 Å². The first kappa shape index (κ1) is 72.4. The van der Waals surface area contributed by atoms with Gasteiger partial charge in [-0.25, -0.2) is 12.5 Å². The van der Waals surface area contributed by atoms with Gasteiger partial charge in [-0.2, -0.15) is 25.3 Å². The highest BCUT2D eigenvalue weighted by atomic mass is 32.3. The van der Waals surface area contributed by atoms with Gasteiger partial charge in [0.15, 0.2) is 31.5 Å². The SMILES string of the molecule is CO[C@@H]1[C@@H](O)[C@@H](O[C@@H]2[C@@H](O)[C@H](O[C@H]3[C@H](O)[C@@H](O[C@@H]4OC[C@@H](O)[C@H](O)[C@H]4O)[C@H](O[C@H]4[C@H](O[C@H]5CC[C@]6(C)C7=CC[C@]8(C)[C@@H](C(C)=O)CC[C@@]8(C)[C@@H]7[C@@H](O)C[C@H]6C5(C)C)OC[C@@H](OS(=O)(=O)O)[C@@H]4O)O[C@@H]3C)O[C@H](COS(=O)(=O)O)[C@H]2O)O[C@H](COS(=O)(=O)O)[C@H]1O. The Labute approximate surface area is 519 Å². The van der Waals surface area contributed by atoms with E-state index in [-0.39, 0.29) is 29.0 Å². The molecule has 5 saturated heterocycles. The molecular weight excluding hydrogens is 1280 g/mol. The molecule has 0 aromatic rings. The van der Waals surface area contributed by atoms with Crippen molar-refractivity contribution in [3.63, 3.8) is 0 Å². The van der Waals surface area contributed by atoms with Crippen LogP contribution in [0.15, 0.2) is 11.6 Å². The maximum Gasteiger partial charge on any atom is 0.397 e. The first-order chi connectivity index (χ1) is 41.7. The van der Waals surface area contributed by atoms with Crippen LogP contribution in [0.5, 0.6) is 0 Å². The van der Waals surface area contributed by atoms with Crippen molar-refractivity contribution in [1.82, 2.24) is 0 Å². The van der Waals surface area contributed by atoms with E-state index in [1.54, 1.807) is 6.92 Å². The fraction of sp³-hybridized carbons (Fsp3) is 0.943. The van der Waals surface area contributed by atoms with Gasteiger partial charge in [-0.1, -0.05) is 46.3 Å². The second-order valence-electron chi connectivity index (χ2n) is 26.4. The Balaban J connectivity index is 1.00. The Bertz CT molecular complexity index is 2910. The second kappa shape index (κ2) is 26.9. The molecule has 9 aliphatic rings. The molecule has 5 heterocycles. The molecule has 13 N–H and O–H groups in total. The quantitative estimate of drug-likeness (QED) is 0.0315. The van der Waals surface area contributed by atoms with Crippen LogP contribution >= 0.6 is 0 Å². The predicted octanol–water partition coefficient (Wildman–Crippen LogP) is -3.93. The predicted molar refractivity (Wildman–Crippen MR) is 293 cm³/mol. The third-order valence-electron chi connectivity index (χ3n) is 20.9. The number of carbonyl (C=O) groups excluding carboxylic acids is 1. The average molecular weight is 1360 g/mol. The fourth-order valence-electron chi connectivity index (χ4n) is 16.0. The summed E-state index contributed by atoms with van der Waals surface area (Å²) < 4.78 is 179. The standard InChI is InChI=1S/C53H86O34S3/c1-20(54)22-9-14-53(7)31-23(10-13-52(22,53)6)51(5)12-11-30(50(3,4)29(51)15-24(31)55)82-48-43(35(60)28(17-76-48)87-90(71,72)73)86-49-44(85-45-36(61)32(57)25(56)16-75-45)37(62)40(21(2)79-49)83-47-39(64)42(34(59)27(81-47)19-78-89(68,69)70)84-46-38(63)41(74-8)33(58)26(80-46)18-77-88(65,66)67/h10,21-22,24-49,55-64H,9,11-19H2,1-8H3,(H,65,66,67)(H,68,69,70)(H,71,72,73)/t21-,22-,24+,25-,26-,27-,28-,29+,30+,31+,32+,33-,34-,35+,36-,37+,38-,39-,40-,41+,42+,43-,44-,45+,46-,47+,48+,49+,51-,52-,53+/m1/s1. The number of hydrogen-bond donors (Lipinski definition) is 13. The molecule has 0 amide bonds. The van der Waals surface area contributed by atoms with E-state index in [4.69, 9.17) is 56.3 Å². The molecule has 90 heavy (non-hydrogen) atoms. The number of fused-ring (bicyclic) bond motifs is 5. The van der Waals surface area contributed by atoms with Crippen molar-refractivity contribution in [1.29, 1.82) is 0 Å². The Morgan fingerprint density at radius 2 is 1.11 bits per heavy atom. The van der Waals surface area contributed by atoms with Gasteiger partial charge in [-0.15, -0.1) is 0 Å². The van der Waals surface area contributed by atoms with Crippen LogP contribution in [0.2, 0.25) is 0 Å². The van der Waals surface area contributed by atoms with Gasteiger partial charge in [0.2, 0.25) is 0 Å². The molecule has 37 heteroatoms. The van der Waals surface area contributed by atoms with Gasteiger partial charge in [-0.3, -0.25) is 18.5 Å². The second-order valence-corrected chi connectivity index (χ2v) is 29.6. The number of rotatable bonds is 20. The topological polar surface area (TPSA) is 512 Å². The van der Waals surface area contributed by atoms with Gasteiger partial charge in [0.25, 0.3) is 0 Å². The molecule has 0 spiro atoms. The number of methoxy groups -OCH3 is 1. The number of ketones is 1. The Morgan fingerprint density at radius 1 is 0.567 bits per heavy atom. The summed E-state index contributed by atoms with van der Waals surface area (Å²) in [4.78, 5) is 13.0. The number of ether oxygens (including phenoxy) is 11. The highest BCUT2D eigenvalue weighted by Crippen LogP contribution is 2.72. The molecule has 34 nitrogen and oxygen atoms in total. The fourth-order valence-corrected chi connectivity index (χ4v) is 17.1. The van der Waals surface area contributed by atoms with Crippen LogP contribution in [0.4, 0.5) is 0 Å². The van der Waals surface area contributed by atoms with Crippen LogP contribution in [0.25, 0.3) is 0 Å². The van der Waals surface area contributed by atoms with Crippen LogP contribution in [0, 0.1) is 39.4 Å². The number of carbonyl (C=O) groups is 1. The number of aliphatic hydroxyl groups excluding tert-OH is 10. The molecule has 31 atom stereocenters. The third kappa shape index (κ3) is 14.2. The van der Waals surface area contributed by atoms with E-state index in [0.29, 0.717) is 32.1 Å². The Hall–Kier alpha value is -1.82. The maximum atomic E-state index is 13.0. The summed E-state index contributed by atoms with van der Waals surface area (Å²) in [5, 5.41) is 115. The van der Waals surface area contributed by atoms with Gasteiger partial charge in [0.05, 0.1) is 44.7 Å². The molecule has 8 fully saturated rings. The lowest BCUT2D eigenvalue weighted by Gasteiger charge is -2.65. The largest absolute Gasteiger partial charge is 0.397 e. The molecule has 0 aromatic carbocycles. The van der Waals surface area contributed by atoms with E-state index in [2.05, 4.69) is 35.2 Å². The molecule has 4 aliphatic carbocycles. The zero-order valence-electron chi connectivity index (χ0n) is 50.4. The van der Waals surface area contributed by atoms with Crippen LogP contribution in [-0.4, -0.2) is 283 Å². The summed E-state index contributed by atoms with van der Waals surface area (Å²) in [6.45, 7) is 9.48. The van der Waals surface area contributed by atoms with Crippen LogP contribution in [0.1, 0.15) is 87.0 Å². The van der Waals surface area contributed by atoms with E-state index in [9.17, 15) is 94.8 Å². The zero-order chi connectivity index (χ0) is 66.5.